The normalized spacial score (nSPS) is 16.8. The first kappa shape index (κ1) is 21.4. The summed E-state index contributed by atoms with van der Waals surface area (Å²) < 4.78 is 3.60. The van der Waals surface area contributed by atoms with Crippen molar-refractivity contribution in [3.05, 3.63) is 12.4 Å². The predicted octanol–water partition coefficient (Wildman–Crippen LogP) is 3.33. The van der Waals surface area contributed by atoms with E-state index in [4.69, 9.17) is 9.68 Å². The van der Waals surface area contributed by atoms with Gasteiger partial charge in [0, 0.05) is 26.5 Å². The lowest BCUT2D eigenvalue weighted by Gasteiger charge is -2.20. The van der Waals surface area contributed by atoms with Gasteiger partial charge in [-0.1, -0.05) is 22.1 Å². The molecular weight excluding hydrogens is 412 g/mol. The maximum absolute atomic E-state index is 12.2. The maximum atomic E-state index is 12.2. The van der Waals surface area contributed by atoms with Crippen LogP contribution in [0.15, 0.2) is 27.9 Å². The minimum atomic E-state index is -0.745. The Labute approximate surface area is 169 Å². The van der Waals surface area contributed by atoms with Crippen LogP contribution in [0.3, 0.4) is 0 Å². The van der Waals surface area contributed by atoms with Gasteiger partial charge in [-0.25, -0.2) is 23.2 Å². The number of fused-ring (bicyclic) bond motifs is 1. The SMILES string of the molecule is CSC(C)=NOC(=O)N(C)SN(C)C(=O)ON=C1n2ccnc2SC1(C)C. The van der Waals surface area contributed by atoms with E-state index in [0.717, 1.165) is 25.9 Å². The summed E-state index contributed by atoms with van der Waals surface area (Å²) in [5.41, 5.74) is 0. The molecule has 27 heavy (non-hydrogen) atoms. The molecule has 0 unspecified atom stereocenters. The third kappa shape index (κ3) is 5.32. The van der Waals surface area contributed by atoms with Crippen LogP contribution in [0.1, 0.15) is 20.8 Å². The van der Waals surface area contributed by atoms with Gasteiger partial charge in [0.2, 0.25) is 0 Å². The lowest BCUT2D eigenvalue weighted by Crippen LogP contribution is -2.31. The van der Waals surface area contributed by atoms with E-state index in [2.05, 4.69) is 15.3 Å². The van der Waals surface area contributed by atoms with Gasteiger partial charge in [0.05, 0.1) is 16.9 Å². The van der Waals surface area contributed by atoms with Crippen molar-refractivity contribution in [1.29, 1.82) is 0 Å². The Morgan fingerprint density at radius 3 is 2.52 bits per heavy atom. The van der Waals surface area contributed by atoms with Gasteiger partial charge in [-0.15, -0.1) is 11.8 Å². The van der Waals surface area contributed by atoms with E-state index in [1.165, 1.54) is 37.6 Å². The molecular formula is C14H20N6O4S3. The van der Waals surface area contributed by atoms with Crippen molar-refractivity contribution in [2.45, 2.75) is 30.7 Å². The number of thioether (sulfide) groups is 2. The molecule has 1 aliphatic heterocycles. The predicted molar refractivity (Wildman–Crippen MR) is 108 cm³/mol. The lowest BCUT2D eigenvalue weighted by atomic mass is 10.2. The Kier molecular flexibility index (Phi) is 7.06. The van der Waals surface area contributed by atoms with E-state index in [1.807, 2.05) is 20.1 Å². The first-order chi connectivity index (χ1) is 12.7. The summed E-state index contributed by atoms with van der Waals surface area (Å²) in [7, 11) is 2.89. The molecule has 10 nitrogen and oxygen atoms in total. The fourth-order valence-corrected chi connectivity index (χ4v) is 3.55. The average molecular weight is 433 g/mol. The molecule has 0 atom stereocenters. The van der Waals surface area contributed by atoms with Crippen LogP contribution in [-0.2, 0) is 9.68 Å². The standard InChI is InChI=1S/C14H20N6O4S3/c1-9(25-6)16-23-12(21)18(4)27-19(5)13(22)24-17-10-14(2,3)26-11-15-7-8-20(10)11/h7-8H,1-6H3. The summed E-state index contributed by atoms with van der Waals surface area (Å²) in [5.74, 6) is 0.557. The number of aromatic nitrogens is 2. The van der Waals surface area contributed by atoms with Crippen LogP contribution in [0.4, 0.5) is 9.59 Å². The molecule has 2 amide bonds. The van der Waals surface area contributed by atoms with E-state index in [-0.39, 0.29) is 4.75 Å². The van der Waals surface area contributed by atoms with Crippen molar-refractivity contribution < 1.29 is 19.3 Å². The van der Waals surface area contributed by atoms with Gasteiger partial charge in [-0.3, -0.25) is 14.2 Å². The van der Waals surface area contributed by atoms with Gasteiger partial charge in [-0.05, 0) is 27.0 Å². The van der Waals surface area contributed by atoms with Crippen LogP contribution in [0.5, 0.6) is 0 Å². The van der Waals surface area contributed by atoms with Gasteiger partial charge in [0.25, 0.3) is 0 Å². The summed E-state index contributed by atoms with van der Waals surface area (Å²) >= 11 is 3.66. The van der Waals surface area contributed by atoms with Crippen LogP contribution < -0.4 is 0 Å². The summed E-state index contributed by atoms with van der Waals surface area (Å²) in [6.45, 7) is 5.62. The van der Waals surface area contributed by atoms with Crippen LogP contribution in [0.25, 0.3) is 0 Å². The Bertz CT molecular complexity index is 779. The second-order valence-corrected chi connectivity index (χ2v) is 9.56. The first-order valence-corrected chi connectivity index (χ1v) is 10.4. The fourth-order valence-electron chi connectivity index (χ4n) is 1.83. The summed E-state index contributed by atoms with van der Waals surface area (Å²) in [6, 6.07) is 0. The third-order valence-electron chi connectivity index (χ3n) is 3.24. The topological polar surface area (TPSA) is 102 Å². The molecule has 2 heterocycles. The molecule has 0 aliphatic carbocycles. The number of hydrogen-bond acceptors (Lipinski definition) is 10. The zero-order valence-corrected chi connectivity index (χ0v) is 18.1. The van der Waals surface area contributed by atoms with Crippen LogP contribution >= 0.6 is 35.7 Å². The van der Waals surface area contributed by atoms with E-state index in [9.17, 15) is 9.59 Å². The van der Waals surface area contributed by atoms with Crippen molar-refractivity contribution in [1.82, 2.24) is 18.2 Å². The lowest BCUT2D eigenvalue weighted by molar-refractivity contribution is 0.130. The first-order valence-electron chi connectivity index (χ1n) is 7.63. The molecule has 1 aromatic heterocycles. The molecule has 13 heteroatoms. The van der Waals surface area contributed by atoms with Crippen LogP contribution in [0, 0.1) is 0 Å². The van der Waals surface area contributed by atoms with Crippen molar-refractivity contribution in [2.24, 2.45) is 10.3 Å². The minimum Gasteiger partial charge on any atom is -0.296 e. The monoisotopic (exact) mass is 432 g/mol. The van der Waals surface area contributed by atoms with Crippen molar-refractivity contribution in [2.75, 3.05) is 20.4 Å². The Balaban J connectivity index is 1.93. The van der Waals surface area contributed by atoms with Gasteiger partial charge >= 0.3 is 12.2 Å². The highest BCUT2D eigenvalue weighted by atomic mass is 32.2. The molecule has 1 aliphatic rings. The molecule has 0 radical (unpaired) electrons. The Morgan fingerprint density at radius 1 is 1.26 bits per heavy atom. The minimum absolute atomic E-state index is 0.386. The molecule has 1 aromatic rings. The number of oxime groups is 2. The van der Waals surface area contributed by atoms with E-state index >= 15 is 0 Å². The van der Waals surface area contributed by atoms with Crippen molar-refractivity contribution in [3.63, 3.8) is 0 Å². The summed E-state index contributed by atoms with van der Waals surface area (Å²) in [6.07, 6.45) is 3.75. The average Bonchev–Trinajstić information content (AvgIpc) is 3.14. The number of nitrogens with zero attached hydrogens (tertiary/aromatic N) is 6. The van der Waals surface area contributed by atoms with Crippen molar-refractivity contribution >= 4 is 58.7 Å². The fraction of sp³-hybridized carbons (Fsp3) is 0.500. The number of carbonyl (C=O) groups is 2. The number of imidazole rings is 1. The number of rotatable bonds is 4. The summed E-state index contributed by atoms with van der Waals surface area (Å²) in [4.78, 5) is 38.0. The van der Waals surface area contributed by atoms with Crippen molar-refractivity contribution in [3.8, 4) is 0 Å². The third-order valence-corrected chi connectivity index (χ3v) is 5.87. The number of amides is 2. The van der Waals surface area contributed by atoms with Gasteiger partial charge < -0.3 is 0 Å². The smallest absolute Gasteiger partial charge is 0.296 e. The number of carbonyl (C=O) groups excluding carboxylic acids is 2. The molecule has 0 saturated heterocycles. The van der Waals surface area contributed by atoms with Gasteiger partial charge in [0.1, 0.15) is 5.04 Å². The van der Waals surface area contributed by atoms with E-state index in [1.54, 1.807) is 23.9 Å². The molecule has 0 bridgehead atoms. The second-order valence-electron chi connectivity index (χ2n) is 5.71. The molecule has 0 aromatic carbocycles. The molecule has 2 rings (SSSR count). The highest BCUT2D eigenvalue weighted by Gasteiger charge is 2.38. The maximum Gasteiger partial charge on any atom is 0.447 e. The van der Waals surface area contributed by atoms with Crippen LogP contribution in [-0.4, -0.2) is 66.3 Å². The molecule has 0 N–H and O–H groups in total. The Morgan fingerprint density at radius 2 is 1.89 bits per heavy atom. The zero-order valence-electron chi connectivity index (χ0n) is 15.7. The number of hydrogen-bond donors (Lipinski definition) is 0. The molecule has 0 fully saturated rings. The quantitative estimate of drug-likeness (QED) is 0.235. The molecule has 0 spiro atoms. The van der Waals surface area contributed by atoms with Gasteiger partial charge in [0.15, 0.2) is 11.0 Å². The molecule has 148 valence electrons. The largest absolute Gasteiger partial charge is 0.447 e. The highest BCUT2D eigenvalue weighted by molar-refractivity contribution is 8.13. The Hall–Kier alpha value is -1.86. The molecule has 0 saturated carbocycles. The second kappa shape index (κ2) is 8.89. The van der Waals surface area contributed by atoms with Crippen LogP contribution in [0.2, 0.25) is 0 Å². The zero-order chi connectivity index (χ0) is 20.2. The van der Waals surface area contributed by atoms with Gasteiger partial charge in [-0.2, -0.15) is 0 Å². The summed E-state index contributed by atoms with van der Waals surface area (Å²) in [5, 5.41) is 9.01. The van der Waals surface area contributed by atoms with E-state index in [0.29, 0.717) is 10.9 Å². The highest BCUT2D eigenvalue weighted by Crippen LogP contribution is 2.39. The van der Waals surface area contributed by atoms with E-state index < -0.39 is 12.2 Å².